The number of ether oxygens (including phenoxy) is 4. The molecule has 8 nitrogen and oxygen atoms in total. The van der Waals surface area contributed by atoms with Crippen molar-refractivity contribution in [2.45, 2.75) is 52.4 Å². The minimum atomic E-state index is 0.426. The average molecular weight is 377 g/mol. The van der Waals surface area contributed by atoms with E-state index in [9.17, 15) is 0 Å². The van der Waals surface area contributed by atoms with Crippen molar-refractivity contribution in [3.63, 3.8) is 0 Å². The van der Waals surface area contributed by atoms with Crippen LogP contribution in [0.3, 0.4) is 0 Å². The normalized spacial score (nSPS) is 10.1. The SMILES string of the molecule is CCOCCCCCOCCN.CCOCCCCCOCCN=[N+]=[N-]. The van der Waals surface area contributed by atoms with Gasteiger partial charge in [-0.1, -0.05) is 5.11 Å². The highest BCUT2D eigenvalue weighted by molar-refractivity contribution is 4.45. The summed E-state index contributed by atoms with van der Waals surface area (Å²) >= 11 is 0. The lowest BCUT2D eigenvalue weighted by Gasteiger charge is -2.02. The summed E-state index contributed by atoms with van der Waals surface area (Å²) in [6.07, 6.45) is 6.70. The van der Waals surface area contributed by atoms with E-state index in [-0.39, 0.29) is 0 Å². The first kappa shape index (κ1) is 27.3. The summed E-state index contributed by atoms with van der Waals surface area (Å²) in [6.45, 7) is 11.2. The average Bonchev–Trinajstić information content (AvgIpc) is 2.66. The van der Waals surface area contributed by atoms with Crippen molar-refractivity contribution >= 4 is 0 Å². The van der Waals surface area contributed by atoms with Crippen LogP contribution in [0.4, 0.5) is 0 Å². The highest BCUT2D eigenvalue weighted by Crippen LogP contribution is 1.97. The number of rotatable bonds is 19. The summed E-state index contributed by atoms with van der Waals surface area (Å²) in [5, 5.41) is 3.37. The molecular formula is C18H40N4O4. The summed E-state index contributed by atoms with van der Waals surface area (Å²) in [7, 11) is 0. The molecule has 8 heteroatoms. The highest BCUT2D eigenvalue weighted by Gasteiger charge is 1.91. The van der Waals surface area contributed by atoms with Crippen LogP contribution in [0.2, 0.25) is 0 Å². The zero-order chi connectivity index (χ0) is 19.6. The van der Waals surface area contributed by atoms with Gasteiger partial charge in [-0.15, -0.1) is 0 Å². The van der Waals surface area contributed by atoms with E-state index < -0.39 is 0 Å². The maximum Gasteiger partial charge on any atom is 0.0588 e. The second kappa shape index (κ2) is 28.9. The first-order valence-corrected chi connectivity index (χ1v) is 9.85. The molecule has 0 atom stereocenters. The van der Waals surface area contributed by atoms with Crippen LogP contribution in [-0.4, -0.2) is 65.9 Å². The molecule has 26 heavy (non-hydrogen) atoms. The van der Waals surface area contributed by atoms with Gasteiger partial charge in [0.25, 0.3) is 0 Å². The summed E-state index contributed by atoms with van der Waals surface area (Å²) < 4.78 is 20.9. The zero-order valence-corrected chi connectivity index (χ0v) is 16.9. The Hall–Kier alpha value is -0.890. The lowest BCUT2D eigenvalue weighted by Crippen LogP contribution is -2.09. The van der Waals surface area contributed by atoms with Crippen LogP contribution in [0.15, 0.2) is 5.11 Å². The minimum absolute atomic E-state index is 0.426. The smallest absolute Gasteiger partial charge is 0.0588 e. The minimum Gasteiger partial charge on any atom is -0.382 e. The molecule has 0 fully saturated rings. The van der Waals surface area contributed by atoms with E-state index in [4.69, 9.17) is 30.2 Å². The third-order valence-corrected chi connectivity index (χ3v) is 3.22. The second-order valence-corrected chi connectivity index (χ2v) is 5.48. The van der Waals surface area contributed by atoms with E-state index in [0.29, 0.717) is 26.3 Å². The third kappa shape index (κ3) is 30.9. The van der Waals surface area contributed by atoms with Crippen LogP contribution in [0.1, 0.15) is 52.4 Å². The van der Waals surface area contributed by atoms with Crippen LogP contribution in [-0.2, 0) is 18.9 Å². The molecule has 0 radical (unpaired) electrons. The maximum absolute atomic E-state index is 7.98. The molecule has 0 spiro atoms. The maximum atomic E-state index is 7.98. The Labute approximate surface area is 159 Å². The van der Waals surface area contributed by atoms with Gasteiger partial charge in [0.15, 0.2) is 0 Å². The monoisotopic (exact) mass is 376 g/mol. The number of unbranched alkanes of at least 4 members (excludes halogenated alkanes) is 4. The Morgan fingerprint density at radius 3 is 1.58 bits per heavy atom. The van der Waals surface area contributed by atoms with Gasteiger partial charge in [-0.25, -0.2) is 0 Å². The molecule has 0 saturated heterocycles. The molecule has 2 N–H and O–H groups in total. The molecule has 0 aromatic heterocycles. The highest BCUT2D eigenvalue weighted by atomic mass is 16.5. The van der Waals surface area contributed by atoms with Gasteiger partial charge in [0.05, 0.1) is 13.2 Å². The molecule has 0 aliphatic carbocycles. The van der Waals surface area contributed by atoms with Crippen molar-refractivity contribution in [1.29, 1.82) is 0 Å². The quantitative estimate of drug-likeness (QED) is 0.160. The van der Waals surface area contributed by atoms with Gasteiger partial charge in [-0.3, -0.25) is 0 Å². The predicted molar refractivity (Wildman–Crippen MR) is 105 cm³/mol. The van der Waals surface area contributed by atoms with Gasteiger partial charge in [0, 0.05) is 57.6 Å². The fourth-order valence-electron chi connectivity index (χ4n) is 1.90. The third-order valence-electron chi connectivity index (χ3n) is 3.22. The second-order valence-electron chi connectivity index (χ2n) is 5.48. The van der Waals surface area contributed by atoms with Crippen LogP contribution in [0, 0.1) is 0 Å². The summed E-state index contributed by atoms with van der Waals surface area (Å²) in [5.74, 6) is 0. The lowest BCUT2D eigenvalue weighted by atomic mass is 10.2. The first-order chi connectivity index (χ1) is 12.8. The molecule has 0 bridgehead atoms. The molecule has 0 saturated carbocycles. The number of nitrogens with zero attached hydrogens (tertiary/aromatic N) is 3. The fourth-order valence-corrected chi connectivity index (χ4v) is 1.90. The zero-order valence-electron chi connectivity index (χ0n) is 16.9. The number of hydrogen-bond acceptors (Lipinski definition) is 6. The fraction of sp³-hybridized carbons (Fsp3) is 1.00. The number of azide groups is 1. The van der Waals surface area contributed by atoms with Gasteiger partial charge >= 0.3 is 0 Å². The Morgan fingerprint density at radius 1 is 0.692 bits per heavy atom. The van der Waals surface area contributed by atoms with Gasteiger partial charge in [0.1, 0.15) is 0 Å². The van der Waals surface area contributed by atoms with Crippen LogP contribution in [0.5, 0.6) is 0 Å². The van der Waals surface area contributed by atoms with Crippen LogP contribution < -0.4 is 5.73 Å². The summed E-state index contributed by atoms with van der Waals surface area (Å²) in [6, 6.07) is 0. The van der Waals surface area contributed by atoms with E-state index in [2.05, 4.69) is 10.0 Å². The standard InChI is InChI=1S/C9H19N3O2.C9H21NO2/c1-2-13-7-4-3-5-8-14-9-6-11-12-10;1-2-11-7-4-3-5-8-12-9-6-10/h2-9H2,1H3;2-10H2,1H3. The predicted octanol–water partition coefficient (Wildman–Crippen LogP) is 3.69. The van der Waals surface area contributed by atoms with E-state index in [1.165, 1.54) is 6.42 Å². The molecule has 156 valence electrons. The molecule has 0 rings (SSSR count). The Balaban J connectivity index is 0. The molecule has 0 unspecified atom stereocenters. The molecule has 0 aliphatic rings. The Bertz CT molecular complexity index is 280. The molecule has 0 aromatic carbocycles. The summed E-state index contributed by atoms with van der Waals surface area (Å²) in [5.41, 5.74) is 13.2. The molecule has 0 heterocycles. The molecule has 0 amide bonds. The van der Waals surface area contributed by atoms with E-state index in [1.807, 2.05) is 13.8 Å². The van der Waals surface area contributed by atoms with Crippen LogP contribution >= 0.6 is 0 Å². The number of nitrogens with two attached hydrogens (primary N) is 1. The first-order valence-electron chi connectivity index (χ1n) is 9.85. The molecule has 0 aromatic rings. The molecular weight excluding hydrogens is 336 g/mol. The summed E-state index contributed by atoms with van der Waals surface area (Å²) in [4.78, 5) is 2.63. The topological polar surface area (TPSA) is 112 Å². The van der Waals surface area contributed by atoms with Gasteiger partial charge in [-0.05, 0) is 57.9 Å². The Morgan fingerprint density at radius 2 is 1.15 bits per heavy atom. The van der Waals surface area contributed by atoms with Crippen molar-refractivity contribution in [3.05, 3.63) is 10.4 Å². The molecule has 0 aliphatic heterocycles. The van der Waals surface area contributed by atoms with Crippen molar-refractivity contribution in [2.24, 2.45) is 10.8 Å². The lowest BCUT2D eigenvalue weighted by molar-refractivity contribution is 0.123. The Kier molecular flexibility index (Phi) is 30.4. The van der Waals surface area contributed by atoms with E-state index in [1.54, 1.807) is 0 Å². The van der Waals surface area contributed by atoms with E-state index >= 15 is 0 Å². The number of hydrogen-bond donors (Lipinski definition) is 1. The van der Waals surface area contributed by atoms with Gasteiger partial charge in [-0.2, -0.15) is 0 Å². The van der Waals surface area contributed by atoms with Gasteiger partial charge in [0.2, 0.25) is 0 Å². The van der Waals surface area contributed by atoms with Crippen molar-refractivity contribution in [1.82, 2.24) is 0 Å². The van der Waals surface area contributed by atoms with E-state index in [0.717, 1.165) is 71.7 Å². The van der Waals surface area contributed by atoms with Crippen molar-refractivity contribution in [2.75, 3.05) is 65.9 Å². The van der Waals surface area contributed by atoms with Crippen molar-refractivity contribution in [3.8, 4) is 0 Å². The largest absolute Gasteiger partial charge is 0.382 e. The van der Waals surface area contributed by atoms with Crippen LogP contribution in [0.25, 0.3) is 10.4 Å². The van der Waals surface area contributed by atoms with Gasteiger partial charge < -0.3 is 24.7 Å². The van der Waals surface area contributed by atoms with Crippen molar-refractivity contribution < 1.29 is 18.9 Å².